The molecule has 29 heavy (non-hydrogen) atoms. The quantitative estimate of drug-likeness (QED) is 0.706. The number of nitrogens with one attached hydrogen (secondary N) is 1. The number of hydrogen-bond donors (Lipinski definition) is 1. The minimum absolute atomic E-state index is 0.0654. The zero-order valence-corrected chi connectivity index (χ0v) is 17.1. The van der Waals surface area contributed by atoms with E-state index in [1.807, 2.05) is 32.9 Å². The fourth-order valence-electron chi connectivity index (χ4n) is 3.60. The molecule has 0 spiro atoms. The van der Waals surface area contributed by atoms with Crippen LogP contribution >= 0.6 is 0 Å². The lowest BCUT2D eigenvalue weighted by atomic mass is 9.95. The maximum atomic E-state index is 12.7. The van der Waals surface area contributed by atoms with E-state index in [-0.39, 0.29) is 17.9 Å². The van der Waals surface area contributed by atoms with Crippen LogP contribution in [-0.4, -0.2) is 36.9 Å². The molecular weight excluding hydrogens is 368 g/mol. The Bertz CT molecular complexity index is 983. The molecule has 0 unspecified atom stereocenters. The third kappa shape index (κ3) is 4.06. The molecule has 1 aliphatic rings. The highest BCUT2D eigenvalue weighted by atomic mass is 16.5. The number of carbonyl (C=O) groups is 1. The Morgan fingerprint density at radius 1 is 1.21 bits per heavy atom. The molecule has 1 N–H and O–H groups in total. The van der Waals surface area contributed by atoms with Crippen LogP contribution in [0.1, 0.15) is 73.7 Å². The molecule has 0 atom stereocenters. The van der Waals surface area contributed by atoms with Crippen LogP contribution in [0.25, 0.3) is 17.3 Å². The molecule has 8 heteroatoms. The van der Waals surface area contributed by atoms with Crippen LogP contribution in [0.4, 0.5) is 0 Å². The third-order valence-electron chi connectivity index (χ3n) is 5.36. The summed E-state index contributed by atoms with van der Waals surface area (Å²) in [5, 5.41) is 11.5. The normalized spacial score (nSPS) is 15.0. The number of rotatable bonds is 5. The molecule has 3 heterocycles. The smallest absolute Gasteiger partial charge is 0.259 e. The molecule has 0 saturated heterocycles. The van der Waals surface area contributed by atoms with Crippen molar-refractivity contribution in [3.05, 3.63) is 41.6 Å². The zero-order valence-electron chi connectivity index (χ0n) is 17.1. The van der Waals surface area contributed by atoms with Gasteiger partial charge in [-0.15, -0.1) is 0 Å². The second kappa shape index (κ2) is 8.14. The lowest BCUT2D eigenvalue weighted by Gasteiger charge is -2.22. The summed E-state index contributed by atoms with van der Waals surface area (Å²) in [6.45, 7) is 5.91. The van der Waals surface area contributed by atoms with Gasteiger partial charge in [0, 0.05) is 18.2 Å². The Morgan fingerprint density at radius 2 is 2.00 bits per heavy atom. The lowest BCUT2D eigenvalue weighted by molar-refractivity contribution is 0.0927. The van der Waals surface area contributed by atoms with Gasteiger partial charge < -0.3 is 9.84 Å². The van der Waals surface area contributed by atoms with E-state index in [4.69, 9.17) is 4.52 Å². The summed E-state index contributed by atoms with van der Waals surface area (Å²) in [5.41, 5.74) is 2.09. The predicted molar refractivity (Wildman–Crippen MR) is 108 cm³/mol. The molecule has 1 saturated carbocycles. The minimum Gasteiger partial charge on any atom is -0.349 e. The van der Waals surface area contributed by atoms with Crippen molar-refractivity contribution < 1.29 is 9.32 Å². The first kappa shape index (κ1) is 19.3. The topological polar surface area (TPSA) is 98.7 Å². The van der Waals surface area contributed by atoms with Crippen molar-refractivity contribution in [2.75, 3.05) is 0 Å². The minimum atomic E-state index is -0.0654. The fourth-order valence-corrected chi connectivity index (χ4v) is 3.60. The van der Waals surface area contributed by atoms with Crippen LogP contribution < -0.4 is 5.32 Å². The van der Waals surface area contributed by atoms with Gasteiger partial charge >= 0.3 is 0 Å². The largest absolute Gasteiger partial charge is 0.349 e. The molecule has 8 nitrogen and oxygen atoms in total. The Kier molecular flexibility index (Phi) is 5.42. The molecule has 0 bridgehead atoms. The first-order valence-corrected chi connectivity index (χ1v) is 10.2. The number of nitrogens with zero attached hydrogens (tertiary/aromatic N) is 5. The lowest BCUT2D eigenvalue weighted by Crippen LogP contribution is -2.36. The number of carbonyl (C=O) groups excluding carboxylic acids is 1. The van der Waals surface area contributed by atoms with Crippen LogP contribution in [-0.2, 0) is 0 Å². The summed E-state index contributed by atoms with van der Waals surface area (Å²) in [5.74, 6) is 1.87. The van der Waals surface area contributed by atoms with Crippen molar-refractivity contribution in [1.29, 1.82) is 0 Å². The maximum absolute atomic E-state index is 12.7. The Morgan fingerprint density at radius 3 is 2.66 bits per heavy atom. The average molecular weight is 394 g/mol. The fraction of sp³-hybridized carbons (Fsp3) is 0.476. The van der Waals surface area contributed by atoms with Gasteiger partial charge in [-0.2, -0.15) is 10.1 Å². The molecule has 0 aromatic carbocycles. The van der Waals surface area contributed by atoms with Crippen molar-refractivity contribution in [2.24, 2.45) is 0 Å². The van der Waals surface area contributed by atoms with E-state index in [9.17, 15) is 4.79 Å². The van der Waals surface area contributed by atoms with E-state index < -0.39 is 0 Å². The molecule has 1 aliphatic carbocycles. The number of pyridine rings is 1. The van der Waals surface area contributed by atoms with Gasteiger partial charge in [-0.1, -0.05) is 38.3 Å². The van der Waals surface area contributed by atoms with Crippen LogP contribution in [0.3, 0.4) is 0 Å². The van der Waals surface area contributed by atoms with Gasteiger partial charge in [-0.25, -0.2) is 9.67 Å². The molecule has 1 amide bonds. The molecule has 152 valence electrons. The van der Waals surface area contributed by atoms with Crippen molar-refractivity contribution in [2.45, 2.75) is 64.8 Å². The summed E-state index contributed by atoms with van der Waals surface area (Å²) in [6.07, 6.45) is 9.00. The molecule has 4 rings (SSSR count). The van der Waals surface area contributed by atoms with Gasteiger partial charge in [0.05, 0.1) is 23.0 Å². The van der Waals surface area contributed by atoms with Gasteiger partial charge in [0.25, 0.3) is 11.8 Å². The first-order valence-electron chi connectivity index (χ1n) is 10.2. The molecular formula is C21H26N6O2. The second-order valence-electron chi connectivity index (χ2n) is 7.88. The standard InChI is InChI=1S/C21H26N6O2/c1-13(2)19-25-21(29-26-19)15-9-10-18(22-11-15)27-14(3)17(12-23-27)20(28)24-16-7-5-4-6-8-16/h9-13,16H,4-8H2,1-3H3,(H,24,28). The maximum Gasteiger partial charge on any atom is 0.259 e. The SMILES string of the molecule is Cc1c(C(=O)NC2CCCCC2)cnn1-c1ccc(-c2nc(C(C)C)no2)cn1. The highest BCUT2D eigenvalue weighted by Crippen LogP contribution is 2.22. The summed E-state index contributed by atoms with van der Waals surface area (Å²) >= 11 is 0. The van der Waals surface area contributed by atoms with E-state index in [1.165, 1.54) is 19.3 Å². The van der Waals surface area contributed by atoms with Crippen LogP contribution in [0.5, 0.6) is 0 Å². The van der Waals surface area contributed by atoms with Crippen LogP contribution in [0, 0.1) is 6.92 Å². The number of aromatic nitrogens is 5. The summed E-state index contributed by atoms with van der Waals surface area (Å²) in [6, 6.07) is 3.96. The van der Waals surface area contributed by atoms with E-state index in [1.54, 1.807) is 17.1 Å². The van der Waals surface area contributed by atoms with Crippen LogP contribution in [0.2, 0.25) is 0 Å². The van der Waals surface area contributed by atoms with Gasteiger partial charge in [0.15, 0.2) is 11.6 Å². The number of hydrogen-bond acceptors (Lipinski definition) is 6. The van der Waals surface area contributed by atoms with E-state index >= 15 is 0 Å². The first-order chi connectivity index (χ1) is 14.0. The summed E-state index contributed by atoms with van der Waals surface area (Å²) in [4.78, 5) is 21.5. The number of amides is 1. The van der Waals surface area contributed by atoms with E-state index in [0.29, 0.717) is 23.1 Å². The summed E-state index contributed by atoms with van der Waals surface area (Å²) in [7, 11) is 0. The van der Waals surface area contributed by atoms with E-state index in [2.05, 4.69) is 25.5 Å². The van der Waals surface area contributed by atoms with E-state index in [0.717, 1.165) is 24.1 Å². The highest BCUT2D eigenvalue weighted by Gasteiger charge is 2.21. The zero-order chi connectivity index (χ0) is 20.4. The molecule has 3 aromatic rings. The molecule has 0 aliphatic heterocycles. The van der Waals surface area contributed by atoms with Crippen molar-refractivity contribution in [1.82, 2.24) is 30.2 Å². The monoisotopic (exact) mass is 394 g/mol. The van der Waals surface area contributed by atoms with Gasteiger partial charge in [0.2, 0.25) is 0 Å². The van der Waals surface area contributed by atoms with Gasteiger partial charge in [0.1, 0.15) is 0 Å². The second-order valence-corrected chi connectivity index (χ2v) is 7.88. The Hall–Kier alpha value is -3.03. The Labute approximate surface area is 169 Å². The predicted octanol–water partition coefficient (Wildman–Crippen LogP) is 3.81. The molecule has 0 radical (unpaired) electrons. The Balaban J connectivity index is 1.50. The third-order valence-corrected chi connectivity index (χ3v) is 5.36. The van der Waals surface area contributed by atoms with Gasteiger partial charge in [-0.3, -0.25) is 4.79 Å². The molecule has 3 aromatic heterocycles. The highest BCUT2D eigenvalue weighted by molar-refractivity contribution is 5.95. The van der Waals surface area contributed by atoms with Crippen molar-refractivity contribution in [3.8, 4) is 17.3 Å². The van der Waals surface area contributed by atoms with Crippen molar-refractivity contribution >= 4 is 5.91 Å². The molecule has 1 fully saturated rings. The average Bonchev–Trinajstić information content (AvgIpc) is 3.36. The van der Waals surface area contributed by atoms with Crippen molar-refractivity contribution in [3.63, 3.8) is 0 Å². The van der Waals surface area contributed by atoms with Crippen LogP contribution in [0.15, 0.2) is 29.0 Å². The van der Waals surface area contributed by atoms with Gasteiger partial charge in [-0.05, 0) is 31.9 Å². The summed E-state index contributed by atoms with van der Waals surface area (Å²) < 4.78 is 6.99.